The van der Waals surface area contributed by atoms with Crippen molar-refractivity contribution in [3.05, 3.63) is 59.7 Å². The predicted octanol–water partition coefficient (Wildman–Crippen LogP) is 4.82. The molecule has 0 bridgehead atoms. The van der Waals surface area contributed by atoms with Crippen LogP contribution in [0.2, 0.25) is 0 Å². The molecule has 156 valence electrons. The number of aryl methyl sites for hydroxylation is 1. The summed E-state index contributed by atoms with van der Waals surface area (Å²) in [6.07, 6.45) is 0.312. The van der Waals surface area contributed by atoms with Gasteiger partial charge in [-0.15, -0.1) is 0 Å². The SMILES string of the molecule is Cc1ccc(NC(=O)CCCNC(=O)OC(C)(C)C)c(OCc2ccccc2)c1. The van der Waals surface area contributed by atoms with E-state index in [0.29, 0.717) is 31.0 Å². The first-order valence-electron chi connectivity index (χ1n) is 9.77. The van der Waals surface area contributed by atoms with Crippen LogP contribution in [0.4, 0.5) is 10.5 Å². The largest absolute Gasteiger partial charge is 0.487 e. The van der Waals surface area contributed by atoms with Crippen molar-refractivity contribution in [2.75, 3.05) is 11.9 Å². The lowest BCUT2D eigenvalue weighted by molar-refractivity contribution is -0.116. The molecule has 0 aromatic heterocycles. The van der Waals surface area contributed by atoms with Crippen LogP contribution in [0.25, 0.3) is 0 Å². The van der Waals surface area contributed by atoms with Crippen LogP contribution in [0.1, 0.15) is 44.7 Å². The lowest BCUT2D eigenvalue weighted by Gasteiger charge is -2.19. The van der Waals surface area contributed by atoms with Crippen LogP contribution in [-0.2, 0) is 16.1 Å². The van der Waals surface area contributed by atoms with Gasteiger partial charge in [0, 0.05) is 13.0 Å². The molecule has 2 N–H and O–H groups in total. The van der Waals surface area contributed by atoms with Crippen LogP contribution in [0.5, 0.6) is 5.75 Å². The highest BCUT2D eigenvalue weighted by atomic mass is 16.6. The smallest absolute Gasteiger partial charge is 0.407 e. The van der Waals surface area contributed by atoms with E-state index < -0.39 is 11.7 Å². The van der Waals surface area contributed by atoms with Crippen LogP contribution in [0.3, 0.4) is 0 Å². The van der Waals surface area contributed by atoms with Crippen LogP contribution in [0, 0.1) is 6.92 Å². The van der Waals surface area contributed by atoms with Gasteiger partial charge < -0.3 is 20.1 Å². The first-order valence-corrected chi connectivity index (χ1v) is 9.77. The average Bonchev–Trinajstić information content (AvgIpc) is 2.65. The Morgan fingerprint density at radius 2 is 1.76 bits per heavy atom. The van der Waals surface area contributed by atoms with Gasteiger partial charge in [0.1, 0.15) is 18.0 Å². The van der Waals surface area contributed by atoms with Crippen molar-refractivity contribution >= 4 is 17.7 Å². The zero-order chi connectivity index (χ0) is 21.3. The summed E-state index contributed by atoms with van der Waals surface area (Å²) in [7, 11) is 0. The fraction of sp³-hybridized carbons (Fsp3) is 0.391. The Bertz CT molecular complexity index is 813. The van der Waals surface area contributed by atoms with Crippen LogP contribution < -0.4 is 15.4 Å². The third-order valence-electron chi connectivity index (χ3n) is 3.90. The molecule has 2 aromatic carbocycles. The number of benzene rings is 2. The maximum absolute atomic E-state index is 12.3. The molecule has 2 aromatic rings. The Morgan fingerprint density at radius 3 is 2.45 bits per heavy atom. The normalized spacial score (nSPS) is 10.9. The fourth-order valence-electron chi connectivity index (χ4n) is 2.55. The number of rotatable bonds is 8. The molecule has 2 amide bonds. The van der Waals surface area contributed by atoms with Crippen molar-refractivity contribution in [2.24, 2.45) is 0 Å². The minimum atomic E-state index is -0.539. The Balaban J connectivity index is 1.82. The van der Waals surface area contributed by atoms with E-state index in [1.807, 2.05) is 55.5 Å². The molecule has 0 saturated heterocycles. The quantitative estimate of drug-likeness (QED) is 0.625. The van der Waals surface area contributed by atoms with E-state index in [9.17, 15) is 9.59 Å². The number of carbonyl (C=O) groups is 2. The third-order valence-corrected chi connectivity index (χ3v) is 3.90. The summed E-state index contributed by atoms with van der Waals surface area (Å²) in [5.41, 5.74) is 2.20. The zero-order valence-electron chi connectivity index (χ0n) is 17.6. The number of ether oxygens (including phenoxy) is 2. The van der Waals surface area contributed by atoms with Crippen LogP contribution in [-0.4, -0.2) is 24.1 Å². The van der Waals surface area contributed by atoms with Gasteiger partial charge in [-0.1, -0.05) is 36.4 Å². The van der Waals surface area contributed by atoms with E-state index in [0.717, 1.165) is 11.1 Å². The molecule has 2 rings (SSSR count). The summed E-state index contributed by atoms with van der Waals surface area (Å²) in [4.78, 5) is 23.9. The number of nitrogens with one attached hydrogen (secondary N) is 2. The van der Waals surface area contributed by atoms with Crippen LogP contribution >= 0.6 is 0 Å². The van der Waals surface area contributed by atoms with Crippen molar-refractivity contribution < 1.29 is 19.1 Å². The lowest BCUT2D eigenvalue weighted by Crippen LogP contribution is -2.33. The lowest BCUT2D eigenvalue weighted by atomic mass is 10.2. The topological polar surface area (TPSA) is 76.7 Å². The molecule has 0 spiro atoms. The minimum absolute atomic E-state index is 0.135. The Labute approximate surface area is 172 Å². The summed E-state index contributed by atoms with van der Waals surface area (Å²) in [6.45, 7) is 8.18. The molecular weight excluding hydrogens is 368 g/mol. The van der Waals surface area contributed by atoms with Gasteiger partial charge in [-0.05, 0) is 57.4 Å². The third kappa shape index (κ3) is 8.68. The average molecular weight is 399 g/mol. The van der Waals surface area contributed by atoms with Gasteiger partial charge in [-0.2, -0.15) is 0 Å². The van der Waals surface area contributed by atoms with E-state index in [2.05, 4.69) is 10.6 Å². The molecular formula is C23H30N2O4. The number of alkyl carbamates (subject to hydrolysis) is 1. The van der Waals surface area contributed by atoms with E-state index in [4.69, 9.17) is 9.47 Å². The standard InChI is InChI=1S/C23H30N2O4/c1-17-12-13-19(20(15-17)28-16-18-9-6-5-7-10-18)25-21(26)11-8-14-24-22(27)29-23(2,3)4/h5-7,9-10,12-13,15H,8,11,14,16H2,1-4H3,(H,24,27)(H,25,26). The molecule has 6 nitrogen and oxygen atoms in total. The second kappa shape index (κ2) is 10.5. The number of hydrogen-bond acceptors (Lipinski definition) is 4. The van der Waals surface area contributed by atoms with Gasteiger partial charge in [0.2, 0.25) is 5.91 Å². The molecule has 0 radical (unpaired) electrons. The van der Waals surface area contributed by atoms with E-state index >= 15 is 0 Å². The molecule has 0 saturated carbocycles. The molecule has 0 aliphatic heterocycles. The van der Waals surface area contributed by atoms with Crippen molar-refractivity contribution in [2.45, 2.75) is 52.7 Å². The van der Waals surface area contributed by atoms with Gasteiger partial charge in [0.25, 0.3) is 0 Å². The summed E-state index contributed by atoms with van der Waals surface area (Å²) < 4.78 is 11.1. The highest BCUT2D eigenvalue weighted by Crippen LogP contribution is 2.27. The predicted molar refractivity (Wildman–Crippen MR) is 114 cm³/mol. The Morgan fingerprint density at radius 1 is 1.03 bits per heavy atom. The van der Waals surface area contributed by atoms with Gasteiger partial charge >= 0.3 is 6.09 Å². The molecule has 0 aliphatic rings. The summed E-state index contributed by atoms with van der Waals surface area (Å²) >= 11 is 0. The van der Waals surface area contributed by atoms with Gasteiger partial charge in [-0.3, -0.25) is 4.79 Å². The van der Waals surface area contributed by atoms with Crippen molar-refractivity contribution in [3.8, 4) is 5.75 Å². The Hall–Kier alpha value is -3.02. The highest BCUT2D eigenvalue weighted by molar-refractivity contribution is 5.92. The summed E-state index contributed by atoms with van der Waals surface area (Å²) in [6, 6.07) is 15.5. The number of amides is 2. The molecule has 29 heavy (non-hydrogen) atoms. The summed E-state index contributed by atoms with van der Waals surface area (Å²) in [5, 5.41) is 5.54. The second-order valence-electron chi connectivity index (χ2n) is 7.85. The maximum atomic E-state index is 12.3. The first kappa shape index (κ1) is 22.3. The number of hydrogen-bond donors (Lipinski definition) is 2. The minimum Gasteiger partial charge on any atom is -0.487 e. The zero-order valence-corrected chi connectivity index (χ0v) is 17.6. The molecule has 0 aliphatic carbocycles. The Kier molecular flexibility index (Phi) is 8.07. The second-order valence-corrected chi connectivity index (χ2v) is 7.85. The highest BCUT2D eigenvalue weighted by Gasteiger charge is 2.15. The molecule has 0 atom stereocenters. The monoisotopic (exact) mass is 398 g/mol. The molecule has 0 fully saturated rings. The van der Waals surface area contributed by atoms with Crippen molar-refractivity contribution in [1.82, 2.24) is 5.32 Å². The molecule has 0 unspecified atom stereocenters. The maximum Gasteiger partial charge on any atom is 0.407 e. The van der Waals surface area contributed by atoms with Gasteiger partial charge in [-0.25, -0.2) is 4.79 Å². The molecule has 6 heteroatoms. The van der Waals surface area contributed by atoms with Gasteiger partial charge in [0.05, 0.1) is 5.69 Å². The first-order chi connectivity index (χ1) is 13.7. The van der Waals surface area contributed by atoms with Crippen LogP contribution in [0.15, 0.2) is 48.5 Å². The summed E-state index contributed by atoms with van der Waals surface area (Å²) in [5.74, 6) is 0.499. The fourth-order valence-corrected chi connectivity index (χ4v) is 2.55. The molecule has 0 heterocycles. The van der Waals surface area contributed by atoms with E-state index in [-0.39, 0.29) is 12.3 Å². The van der Waals surface area contributed by atoms with Crippen molar-refractivity contribution in [1.29, 1.82) is 0 Å². The van der Waals surface area contributed by atoms with Gasteiger partial charge in [0.15, 0.2) is 0 Å². The number of carbonyl (C=O) groups excluding carboxylic acids is 2. The van der Waals surface area contributed by atoms with E-state index in [1.54, 1.807) is 20.8 Å². The van der Waals surface area contributed by atoms with Crippen molar-refractivity contribution in [3.63, 3.8) is 0 Å². The van der Waals surface area contributed by atoms with E-state index in [1.165, 1.54) is 0 Å². The number of anilines is 1.